The van der Waals surface area contributed by atoms with E-state index in [0.29, 0.717) is 12.1 Å². The molecule has 3 fully saturated rings. The monoisotopic (exact) mass is 286 g/mol. The molecule has 1 aliphatic carbocycles. The van der Waals surface area contributed by atoms with Gasteiger partial charge in [0.05, 0.1) is 12.1 Å². The number of hydrogen-bond acceptors (Lipinski definition) is 3. The van der Waals surface area contributed by atoms with E-state index in [9.17, 15) is 0 Å². The molecule has 3 nitrogen and oxygen atoms in total. The number of piperazine rings is 1. The van der Waals surface area contributed by atoms with E-state index in [1.54, 1.807) is 0 Å². The van der Waals surface area contributed by atoms with Gasteiger partial charge in [0, 0.05) is 31.8 Å². The average Bonchev–Trinajstić information content (AvgIpc) is 3.22. The van der Waals surface area contributed by atoms with Crippen molar-refractivity contribution < 1.29 is 4.74 Å². The molecule has 1 N–H and O–H groups in total. The van der Waals surface area contributed by atoms with E-state index in [1.165, 1.54) is 24.8 Å². The molecule has 21 heavy (non-hydrogen) atoms. The molecule has 2 saturated heterocycles. The molecule has 0 spiro atoms. The molecule has 3 heteroatoms. The molecule has 0 radical (unpaired) electrons. The molecule has 3 unspecified atom stereocenters. The molecular weight excluding hydrogens is 260 g/mol. The molecule has 1 aromatic rings. The highest BCUT2D eigenvalue weighted by Gasteiger charge is 2.45. The lowest BCUT2D eigenvalue weighted by atomic mass is 9.86. The summed E-state index contributed by atoms with van der Waals surface area (Å²) in [5.41, 5.74) is 1.47. The van der Waals surface area contributed by atoms with Crippen molar-refractivity contribution in [2.75, 3.05) is 26.3 Å². The summed E-state index contributed by atoms with van der Waals surface area (Å²) in [5.74, 6) is 0.915. The zero-order valence-electron chi connectivity index (χ0n) is 12.9. The van der Waals surface area contributed by atoms with Crippen molar-refractivity contribution in [3.8, 4) is 0 Å². The SMILES string of the molecule is CC1(c2ccccc2)CN(C2CCOC2)C(C2CC2)CN1. The van der Waals surface area contributed by atoms with Crippen LogP contribution in [-0.2, 0) is 10.3 Å². The lowest BCUT2D eigenvalue weighted by Crippen LogP contribution is -2.64. The van der Waals surface area contributed by atoms with Crippen LogP contribution < -0.4 is 5.32 Å². The Kier molecular flexibility index (Phi) is 3.52. The van der Waals surface area contributed by atoms with Crippen LogP contribution in [0.4, 0.5) is 0 Å². The van der Waals surface area contributed by atoms with Crippen molar-refractivity contribution >= 4 is 0 Å². The molecule has 1 aromatic carbocycles. The number of ether oxygens (including phenoxy) is 1. The van der Waals surface area contributed by atoms with Gasteiger partial charge < -0.3 is 10.1 Å². The molecule has 2 aliphatic heterocycles. The van der Waals surface area contributed by atoms with E-state index in [2.05, 4.69) is 47.5 Å². The zero-order chi connectivity index (χ0) is 14.3. The molecular formula is C18H26N2O. The summed E-state index contributed by atoms with van der Waals surface area (Å²) >= 11 is 0. The average molecular weight is 286 g/mol. The van der Waals surface area contributed by atoms with E-state index in [-0.39, 0.29) is 5.54 Å². The standard InChI is InChI=1S/C18H26N2O/c1-18(15-5-3-2-4-6-15)13-20(16-9-10-21-12-16)17(11-19-18)14-7-8-14/h2-6,14,16-17,19H,7-13H2,1H3. The Morgan fingerprint density at radius 2 is 2.00 bits per heavy atom. The molecule has 3 atom stereocenters. The van der Waals surface area contributed by atoms with Gasteiger partial charge >= 0.3 is 0 Å². The van der Waals surface area contributed by atoms with Crippen molar-refractivity contribution in [1.29, 1.82) is 0 Å². The van der Waals surface area contributed by atoms with Crippen LogP contribution in [0.15, 0.2) is 30.3 Å². The first kappa shape index (κ1) is 13.7. The molecule has 2 heterocycles. The smallest absolute Gasteiger partial charge is 0.0622 e. The Balaban J connectivity index is 1.58. The molecule has 3 aliphatic rings. The number of rotatable bonds is 3. The summed E-state index contributed by atoms with van der Waals surface area (Å²) in [4.78, 5) is 2.77. The van der Waals surface area contributed by atoms with Crippen molar-refractivity contribution in [2.45, 2.75) is 43.8 Å². The molecule has 4 rings (SSSR count). The number of benzene rings is 1. The molecule has 0 amide bonds. The van der Waals surface area contributed by atoms with Gasteiger partial charge in [-0.3, -0.25) is 4.90 Å². The van der Waals surface area contributed by atoms with Gasteiger partial charge in [-0.2, -0.15) is 0 Å². The Morgan fingerprint density at radius 3 is 2.67 bits per heavy atom. The lowest BCUT2D eigenvalue weighted by Gasteiger charge is -2.49. The second-order valence-electron chi connectivity index (χ2n) is 7.17. The summed E-state index contributed by atoms with van der Waals surface area (Å²) in [5, 5.41) is 3.85. The van der Waals surface area contributed by atoms with E-state index in [0.717, 1.165) is 32.2 Å². The van der Waals surface area contributed by atoms with Gasteiger partial charge in [-0.1, -0.05) is 30.3 Å². The highest BCUT2D eigenvalue weighted by molar-refractivity contribution is 5.25. The van der Waals surface area contributed by atoms with E-state index >= 15 is 0 Å². The normalized spacial score (nSPS) is 37.8. The maximum absolute atomic E-state index is 5.67. The first-order chi connectivity index (χ1) is 10.3. The number of hydrogen-bond donors (Lipinski definition) is 1. The van der Waals surface area contributed by atoms with Crippen LogP contribution in [0.5, 0.6) is 0 Å². The summed E-state index contributed by atoms with van der Waals surface area (Å²) in [7, 11) is 0. The topological polar surface area (TPSA) is 24.5 Å². The van der Waals surface area contributed by atoms with Crippen LogP contribution in [0, 0.1) is 5.92 Å². The fraction of sp³-hybridized carbons (Fsp3) is 0.667. The predicted molar refractivity (Wildman–Crippen MR) is 84.2 cm³/mol. The highest BCUT2D eigenvalue weighted by Crippen LogP contribution is 2.40. The second-order valence-corrected chi connectivity index (χ2v) is 7.17. The van der Waals surface area contributed by atoms with Crippen molar-refractivity contribution in [3.05, 3.63) is 35.9 Å². The quantitative estimate of drug-likeness (QED) is 0.923. The fourth-order valence-electron chi connectivity index (χ4n) is 4.09. The third-order valence-electron chi connectivity index (χ3n) is 5.58. The van der Waals surface area contributed by atoms with Gasteiger partial charge in [0.1, 0.15) is 0 Å². The second kappa shape index (κ2) is 5.38. The summed E-state index contributed by atoms with van der Waals surface area (Å²) in [6.45, 7) is 6.44. The fourth-order valence-corrected chi connectivity index (χ4v) is 4.09. The maximum Gasteiger partial charge on any atom is 0.0622 e. The van der Waals surface area contributed by atoms with E-state index in [4.69, 9.17) is 4.74 Å². The minimum Gasteiger partial charge on any atom is -0.380 e. The summed E-state index contributed by atoms with van der Waals surface area (Å²) < 4.78 is 5.67. The van der Waals surface area contributed by atoms with Crippen molar-refractivity contribution in [1.82, 2.24) is 10.2 Å². The Morgan fingerprint density at radius 1 is 1.19 bits per heavy atom. The Bertz CT molecular complexity index is 481. The van der Waals surface area contributed by atoms with Crippen molar-refractivity contribution in [2.24, 2.45) is 5.92 Å². The first-order valence-corrected chi connectivity index (χ1v) is 8.40. The van der Waals surface area contributed by atoms with E-state index in [1.807, 2.05) is 0 Å². The number of nitrogens with one attached hydrogen (secondary N) is 1. The molecule has 0 bridgehead atoms. The van der Waals surface area contributed by atoms with Gasteiger partial charge in [-0.15, -0.1) is 0 Å². The minimum atomic E-state index is 0.0647. The minimum absolute atomic E-state index is 0.0647. The van der Waals surface area contributed by atoms with Crippen LogP contribution in [0.2, 0.25) is 0 Å². The van der Waals surface area contributed by atoms with Crippen LogP contribution in [0.25, 0.3) is 0 Å². The van der Waals surface area contributed by atoms with Gasteiger partial charge in [-0.05, 0) is 37.7 Å². The molecule has 0 aromatic heterocycles. The van der Waals surface area contributed by atoms with Gasteiger partial charge in [0.2, 0.25) is 0 Å². The third kappa shape index (κ3) is 2.63. The van der Waals surface area contributed by atoms with Gasteiger partial charge in [0.25, 0.3) is 0 Å². The van der Waals surface area contributed by atoms with Crippen LogP contribution in [0.3, 0.4) is 0 Å². The lowest BCUT2D eigenvalue weighted by molar-refractivity contribution is 0.0301. The van der Waals surface area contributed by atoms with Gasteiger partial charge in [0.15, 0.2) is 0 Å². The maximum atomic E-state index is 5.67. The Labute approximate surface area is 127 Å². The van der Waals surface area contributed by atoms with Crippen LogP contribution in [0.1, 0.15) is 31.7 Å². The first-order valence-electron chi connectivity index (χ1n) is 8.40. The summed E-state index contributed by atoms with van der Waals surface area (Å²) in [6, 6.07) is 12.3. The van der Waals surface area contributed by atoms with E-state index < -0.39 is 0 Å². The number of nitrogens with zero attached hydrogens (tertiary/aromatic N) is 1. The zero-order valence-corrected chi connectivity index (χ0v) is 12.9. The molecule has 114 valence electrons. The van der Waals surface area contributed by atoms with Crippen LogP contribution >= 0.6 is 0 Å². The summed E-state index contributed by atoms with van der Waals surface area (Å²) in [6.07, 6.45) is 4.03. The largest absolute Gasteiger partial charge is 0.380 e. The van der Waals surface area contributed by atoms with Gasteiger partial charge in [-0.25, -0.2) is 0 Å². The Hall–Kier alpha value is -0.900. The van der Waals surface area contributed by atoms with Crippen LogP contribution in [-0.4, -0.2) is 43.3 Å². The predicted octanol–water partition coefficient (Wildman–Crippen LogP) is 2.37. The highest BCUT2D eigenvalue weighted by atomic mass is 16.5. The third-order valence-corrected chi connectivity index (χ3v) is 5.58. The molecule has 1 saturated carbocycles. The van der Waals surface area contributed by atoms with Crippen molar-refractivity contribution in [3.63, 3.8) is 0 Å².